The second-order valence-electron chi connectivity index (χ2n) is 4.62. The van der Waals surface area contributed by atoms with E-state index in [0.717, 1.165) is 11.4 Å². The molecular formula is C14H16ClFN4. The SMILES string of the molecule is CNc1ncnc(Nc2cccc(Cl)c2F)c1C(C)C. The van der Waals surface area contributed by atoms with Crippen LogP contribution in [0.25, 0.3) is 0 Å². The highest BCUT2D eigenvalue weighted by Crippen LogP contribution is 2.31. The van der Waals surface area contributed by atoms with E-state index in [9.17, 15) is 4.39 Å². The van der Waals surface area contributed by atoms with Crippen molar-refractivity contribution in [2.45, 2.75) is 19.8 Å². The molecule has 6 heteroatoms. The average Bonchev–Trinajstić information content (AvgIpc) is 2.43. The number of halogens is 2. The zero-order valence-corrected chi connectivity index (χ0v) is 12.3. The van der Waals surface area contributed by atoms with Crippen LogP contribution in [0.15, 0.2) is 24.5 Å². The minimum atomic E-state index is -0.492. The Morgan fingerprint density at radius 2 is 1.90 bits per heavy atom. The molecule has 2 rings (SSSR count). The molecule has 0 unspecified atom stereocenters. The van der Waals surface area contributed by atoms with Crippen molar-refractivity contribution in [3.8, 4) is 0 Å². The minimum Gasteiger partial charge on any atom is -0.373 e. The maximum absolute atomic E-state index is 13.9. The van der Waals surface area contributed by atoms with Crippen molar-refractivity contribution < 1.29 is 4.39 Å². The summed E-state index contributed by atoms with van der Waals surface area (Å²) >= 11 is 5.78. The number of hydrogen-bond acceptors (Lipinski definition) is 4. The predicted octanol–water partition coefficient (Wildman–Crippen LogP) is 4.18. The van der Waals surface area contributed by atoms with E-state index in [1.165, 1.54) is 12.4 Å². The molecule has 0 amide bonds. The first-order valence-corrected chi connectivity index (χ1v) is 6.66. The Hall–Kier alpha value is -1.88. The fourth-order valence-corrected chi connectivity index (χ4v) is 2.14. The minimum absolute atomic E-state index is 0.0731. The molecule has 0 fully saturated rings. The van der Waals surface area contributed by atoms with Crippen LogP contribution in [0, 0.1) is 5.82 Å². The van der Waals surface area contributed by atoms with Gasteiger partial charge in [-0.2, -0.15) is 0 Å². The first kappa shape index (κ1) is 14.5. The van der Waals surface area contributed by atoms with Crippen LogP contribution in [0.1, 0.15) is 25.3 Å². The number of nitrogens with zero attached hydrogens (tertiary/aromatic N) is 2. The monoisotopic (exact) mass is 294 g/mol. The maximum Gasteiger partial charge on any atom is 0.165 e. The average molecular weight is 295 g/mol. The molecule has 0 saturated carbocycles. The first-order valence-electron chi connectivity index (χ1n) is 6.28. The summed E-state index contributed by atoms with van der Waals surface area (Å²) in [5.74, 6) is 0.984. The zero-order chi connectivity index (χ0) is 14.7. The highest BCUT2D eigenvalue weighted by molar-refractivity contribution is 6.31. The Balaban J connectivity index is 2.46. The van der Waals surface area contributed by atoms with Gasteiger partial charge in [0.2, 0.25) is 0 Å². The molecule has 4 nitrogen and oxygen atoms in total. The van der Waals surface area contributed by atoms with Crippen molar-refractivity contribution >= 4 is 28.9 Å². The molecule has 0 saturated heterocycles. The standard InChI is InChI=1S/C14H16ClFN4/c1-8(2)11-13(17-3)18-7-19-14(11)20-10-6-4-5-9(15)12(10)16/h4-8H,1-3H3,(H2,17,18,19,20). The molecule has 106 valence electrons. The molecule has 0 aliphatic carbocycles. The van der Waals surface area contributed by atoms with Crippen LogP contribution in [-0.2, 0) is 0 Å². The molecule has 20 heavy (non-hydrogen) atoms. The van der Waals surface area contributed by atoms with Crippen LogP contribution < -0.4 is 10.6 Å². The van der Waals surface area contributed by atoms with Crippen LogP contribution in [-0.4, -0.2) is 17.0 Å². The lowest BCUT2D eigenvalue weighted by molar-refractivity contribution is 0.632. The van der Waals surface area contributed by atoms with Gasteiger partial charge in [0, 0.05) is 12.6 Å². The predicted molar refractivity (Wildman–Crippen MR) is 80.4 cm³/mol. The molecule has 0 spiro atoms. The quantitative estimate of drug-likeness (QED) is 0.888. The summed E-state index contributed by atoms with van der Waals surface area (Å²) in [4.78, 5) is 8.38. The fourth-order valence-electron chi connectivity index (χ4n) is 1.97. The lowest BCUT2D eigenvalue weighted by Gasteiger charge is -2.17. The van der Waals surface area contributed by atoms with E-state index >= 15 is 0 Å². The number of aromatic nitrogens is 2. The molecule has 0 radical (unpaired) electrons. The molecule has 0 aliphatic rings. The van der Waals surface area contributed by atoms with E-state index in [4.69, 9.17) is 11.6 Å². The number of rotatable bonds is 4. The van der Waals surface area contributed by atoms with Crippen LogP contribution in [0.3, 0.4) is 0 Å². The van der Waals surface area contributed by atoms with Gasteiger partial charge in [0.25, 0.3) is 0 Å². The van der Waals surface area contributed by atoms with Crippen molar-refractivity contribution in [1.29, 1.82) is 0 Å². The third-order valence-corrected chi connectivity index (χ3v) is 3.19. The summed E-state index contributed by atoms with van der Waals surface area (Å²) in [7, 11) is 1.79. The maximum atomic E-state index is 13.9. The molecular weight excluding hydrogens is 279 g/mol. The number of anilines is 3. The topological polar surface area (TPSA) is 49.8 Å². The number of benzene rings is 1. The number of hydrogen-bond donors (Lipinski definition) is 2. The van der Waals surface area contributed by atoms with E-state index in [1.807, 2.05) is 13.8 Å². The number of nitrogens with one attached hydrogen (secondary N) is 2. The van der Waals surface area contributed by atoms with E-state index in [0.29, 0.717) is 11.5 Å². The van der Waals surface area contributed by atoms with Gasteiger partial charge in [-0.15, -0.1) is 0 Å². The Bertz CT molecular complexity index is 616. The molecule has 2 aromatic rings. The van der Waals surface area contributed by atoms with Gasteiger partial charge >= 0.3 is 0 Å². The normalized spacial score (nSPS) is 10.7. The summed E-state index contributed by atoms with van der Waals surface area (Å²) in [6.07, 6.45) is 1.43. The van der Waals surface area contributed by atoms with Gasteiger partial charge < -0.3 is 10.6 Å². The molecule has 1 aromatic carbocycles. The van der Waals surface area contributed by atoms with Gasteiger partial charge in [-0.25, -0.2) is 14.4 Å². The first-order chi connectivity index (χ1) is 9.54. The Labute approximate surface area is 122 Å². The molecule has 0 aliphatic heterocycles. The molecule has 1 heterocycles. The van der Waals surface area contributed by atoms with Gasteiger partial charge in [0.05, 0.1) is 10.7 Å². The second kappa shape index (κ2) is 6.05. The van der Waals surface area contributed by atoms with Crippen LogP contribution in [0.2, 0.25) is 5.02 Å². The van der Waals surface area contributed by atoms with Crippen molar-refractivity contribution in [1.82, 2.24) is 9.97 Å². The van der Waals surface area contributed by atoms with Crippen LogP contribution >= 0.6 is 11.6 Å². The van der Waals surface area contributed by atoms with Gasteiger partial charge in [0.15, 0.2) is 5.82 Å². The summed E-state index contributed by atoms with van der Waals surface area (Å²) in [6, 6.07) is 4.81. The third-order valence-electron chi connectivity index (χ3n) is 2.90. The van der Waals surface area contributed by atoms with Crippen molar-refractivity contribution in [2.24, 2.45) is 0 Å². The Morgan fingerprint density at radius 3 is 2.55 bits per heavy atom. The summed E-state index contributed by atoms with van der Waals surface area (Å²) < 4.78 is 13.9. The Kier molecular flexibility index (Phi) is 4.39. The van der Waals surface area contributed by atoms with E-state index in [2.05, 4.69) is 20.6 Å². The van der Waals surface area contributed by atoms with Crippen molar-refractivity contribution in [3.05, 3.63) is 40.9 Å². The van der Waals surface area contributed by atoms with Gasteiger partial charge in [0.1, 0.15) is 18.0 Å². The third kappa shape index (κ3) is 2.82. The lowest BCUT2D eigenvalue weighted by atomic mass is 10.0. The van der Waals surface area contributed by atoms with Gasteiger partial charge in [-0.3, -0.25) is 0 Å². The van der Waals surface area contributed by atoms with Crippen molar-refractivity contribution in [3.63, 3.8) is 0 Å². The van der Waals surface area contributed by atoms with Gasteiger partial charge in [-0.05, 0) is 18.1 Å². The Morgan fingerprint density at radius 1 is 1.20 bits per heavy atom. The van der Waals surface area contributed by atoms with Crippen LogP contribution in [0.5, 0.6) is 0 Å². The summed E-state index contributed by atoms with van der Waals surface area (Å²) in [6.45, 7) is 4.05. The van der Waals surface area contributed by atoms with E-state index in [1.54, 1.807) is 19.2 Å². The van der Waals surface area contributed by atoms with E-state index in [-0.39, 0.29) is 10.9 Å². The molecule has 0 atom stereocenters. The smallest absolute Gasteiger partial charge is 0.165 e. The largest absolute Gasteiger partial charge is 0.373 e. The van der Waals surface area contributed by atoms with Crippen LogP contribution in [0.4, 0.5) is 21.7 Å². The molecule has 0 bridgehead atoms. The fraction of sp³-hybridized carbons (Fsp3) is 0.286. The highest BCUT2D eigenvalue weighted by atomic mass is 35.5. The molecule has 1 aromatic heterocycles. The zero-order valence-electron chi connectivity index (χ0n) is 11.5. The second-order valence-corrected chi connectivity index (χ2v) is 5.02. The highest BCUT2D eigenvalue weighted by Gasteiger charge is 2.16. The van der Waals surface area contributed by atoms with E-state index < -0.39 is 5.82 Å². The van der Waals surface area contributed by atoms with Gasteiger partial charge in [-0.1, -0.05) is 31.5 Å². The molecule has 2 N–H and O–H groups in total. The lowest BCUT2D eigenvalue weighted by Crippen LogP contribution is -2.07. The summed E-state index contributed by atoms with van der Waals surface area (Å²) in [5, 5.41) is 6.08. The summed E-state index contributed by atoms with van der Waals surface area (Å²) in [5.41, 5.74) is 1.19. The van der Waals surface area contributed by atoms with Crippen molar-refractivity contribution in [2.75, 3.05) is 17.7 Å².